The molecule has 0 aliphatic heterocycles. The van der Waals surface area contributed by atoms with Gasteiger partial charge in [-0.2, -0.15) is 0 Å². The molecule has 0 amide bonds. The van der Waals surface area contributed by atoms with Crippen molar-refractivity contribution in [2.75, 3.05) is 6.61 Å². The molecule has 148 valence electrons. The van der Waals surface area contributed by atoms with Gasteiger partial charge in [0.25, 0.3) is 0 Å². The number of nitrogens with zero attached hydrogens (tertiary/aromatic N) is 1. The number of benzene rings is 2. The van der Waals surface area contributed by atoms with Crippen LogP contribution in [0.3, 0.4) is 0 Å². The fraction of sp³-hybridized carbons (Fsp3) is 0.292. The van der Waals surface area contributed by atoms with Crippen LogP contribution in [0.25, 0.3) is 10.8 Å². The van der Waals surface area contributed by atoms with Crippen LogP contribution in [0.5, 0.6) is 0 Å². The number of thioether (sulfide) groups is 1. The third kappa shape index (κ3) is 4.06. The number of ether oxygens (including phenoxy) is 1. The van der Waals surface area contributed by atoms with Crippen molar-refractivity contribution in [1.29, 1.82) is 0 Å². The molecule has 2 unspecified atom stereocenters. The summed E-state index contributed by atoms with van der Waals surface area (Å²) in [5.74, 6) is 0.0394. The molecule has 0 spiro atoms. The first-order valence-corrected chi connectivity index (χ1v) is 10.8. The van der Waals surface area contributed by atoms with Gasteiger partial charge in [-0.05, 0) is 48.2 Å². The highest BCUT2D eigenvalue weighted by Gasteiger charge is 2.37. The molecule has 0 fully saturated rings. The Balaban J connectivity index is 1.69. The van der Waals surface area contributed by atoms with E-state index in [4.69, 9.17) is 4.74 Å². The zero-order chi connectivity index (χ0) is 20.2. The van der Waals surface area contributed by atoms with E-state index in [9.17, 15) is 9.59 Å². The van der Waals surface area contributed by atoms with Crippen LogP contribution in [-0.2, 0) is 9.53 Å². The first-order valence-electron chi connectivity index (χ1n) is 9.97. The zero-order valence-corrected chi connectivity index (χ0v) is 17.2. The Morgan fingerprint density at radius 2 is 1.86 bits per heavy atom. The minimum absolute atomic E-state index is 0.0497. The molecule has 0 bridgehead atoms. The SMILES string of the molecule is CCOC(=O)CCCC1c2cccc3cccc(c23)C(=O)C1Sc1ccncc1. The number of hydrogen-bond donors (Lipinski definition) is 0. The lowest BCUT2D eigenvalue weighted by atomic mass is 9.78. The molecule has 0 N–H and O–H groups in total. The second-order valence-electron chi connectivity index (χ2n) is 7.14. The third-order valence-electron chi connectivity index (χ3n) is 5.34. The molecule has 3 aromatic rings. The summed E-state index contributed by atoms with van der Waals surface area (Å²) in [6.07, 6.45) is 5.34. The Bertz CT molecular complexity index is 1030. The summed E-state index contributed by atoms with van der Waals surface area (Å²) in [4.78, 5) is 30.4. The van der Waals surface area contributed by atoms with Crippen molar-refractivity contribution in [1.82, 2.24) is 4.98 Å². The normalized spacial score (nSPS) is 18.0. The lowest BCUT2D eigenvalue weighted by molar-refractivity contribution is -0.143. The molecule has 0 saturated heterocycles. The van der Waals surface area contributed by atoms with Gasteiger partial charge in [-0.3, -0.25) is 14.6 Å². The minimum Gasteiger partial charge on any atom is -0.466 e. The van der Waals surface area contributed by atoms with Gasteiger partial charge in [0.05, 0.1) is 11.9 Å². The Labute approximate surface area is 174 Å². The Morgan fingerprint density at radius 1 is 1.10 bits per heavy atom. The summed E-state index contributed by atoms with van der Waals surface area (Å²) in [5, 5.41) is 1.93. The van der Waals surface area contributed by atoms with Crippen LogP contribution >= 0.6 is 11.8 Å². The molecule has 1 heterocycles. The molecular weight excluding hydrogens is 382 g/mol. The van der Waals surface area contributed by atoms with E-state index in [1.54, 1.807) is 24.2 Å². The lowest BCUT2D eigenvalue weighted by Gasteiger charge is -2.32. The first kappa shape index (κ1) is 19.6. The zero-order valence-electron chi connectivity index (χ0n) is 16.3. The number of rotatable bonds is 7. The summed E-state index contributed by atoms with van der Waals surface area (Å²) in [7, 11) is 0. The van der Waals surface area contributed by atoms with E-state index >= 15 is 0 Å². The van der Waals surface area contributed by atoms with Crippen molar-refractivity contribution >= 4 is 34.3 Å². The fourth-order valence-electron chi connectivity index (χ4n) is 4.09. The van der Waals surface area contributed by atoms with Crippen molar-refractivity contribution < 1.29 is 14.3 Å². The molecule has 0 radical (unpaired) electrons. The highest BCUT2D eigenvalue weighted by atomic mass is 32.2. The highest BCUT2D eigenvalue weighted by molar-refractivity contribution is 8.00. The molecule has 4 nitrogen and oxygen atoms in total. The van der Waals surface area contributed by atoms with Crippen LogP contribution in [0.15, 0.2) is 65.8 Å². The number of carbonyl (C=O) groups excluding carboxylic acids is 2. The smallest absolute Gasteiger partial charge is 0.305 e. The van der Waals surface area contributed by atoms with Crippen molar-refractivity contribution in [2.24, 2.45) is 0 Å². The largest absolute Gasteiger partial charge is 0.466 e. The van der Waals surface area contributed by atoms with Crippen LogP contribution < -0.4 is 0 Å². The second kappa shape index (κ2) is 8.78. The number of hydrogen-bond acceptors (Lipinski definition) is 5. The summed E-state index contributed by atoms with van der Waals surface area (Å²) in [6, 6.07) is 16.1. The predicted octanol–water partition coefficient (Wildman–Crippen LogP) is 5.41. The van der Waals surface area contributed by atoms with Gasteiger partial charge >= 0.3 is 5.97 Å². The van der Waals surface area contributed by atoms with Crippen molar-refractivity contribution in [2.45, 2.75) is 42.2 Å². The molecule has 5 heteroatoms. The van der Waals surface area contributed by atoms with E-state index in [2.05, 4.69) is 29.2 Å². The monoisotopic (exact) mass is 405 g/mol. The summed E-state index contributed by atoms with van der Waals surface area (Å²) in [6.45, 7) is 2.21. The maximum Gasteiger partial charge on any atom is 0.305 e. The maximum absolute atomic E-state index is 13.5. The molecule has 1 aromatic heterocycles. The van der Waals surface area contributed by atoms with Gasteiger partial charge in [-0.15, -0.1) is 11.8 Å². The van der Waals surface area contributed by atoms with E-state index in [0.29, 0.717) is 19.4 Å². The number of pyridine rings is 1. The fourth-order valence-corrected chi connectivity index (χ4v) is 5.34. The Morgan fingerprint density at radius 3 is 2.62 bits per heavy atom. The summed E-state index contributed by atoms with van der Waals surface area (Å²) in [5.41, 5.74) is 2.00. The molecular formula is C24H23NO3S. The molecule has 2 atom stereocenters. The number of ketones is 1. The van der Waals surface area contributed by atoms with Gasteiger partial charge in [0, 0.05) is 35.2 Å². The summed E-state index contributed by atoms with van der Waals surface area (Å²) < 4.78 is 5.07. The van der Waals surface area contributed by atoms with Crippen LogP contribution in [0.4, 0.5) is 0 Å². The second-order valence-corrected chi connectivity index (χ2v) is 8.36. The van der Waals surface area contributed by atoms with Crippen LogP contribution in [0, 0.1) is 0 Å². The van der Waals surface area contributed by atoms with E-state index in [1.807, 2.05) is 31.2 Å². The van der Waals surface area contributed by atoms with Crippen LogP contribution in [0.1, 0.15) is 48.0 Å². The minimum atomic E-state index is -0.222. The molecule has 4 rings (SSSR count). The van der Waals surface area contributed by atoms with Crippen molar-refractivity contribution in [3.63, 3.8) is 0 Å². The van der Waals surface area contributed by atoms with Gasteiger partial charge in [0.1, 0.15) is 0 Å². The molecule has 1 aliphatic rings. The summed E-state index contributed by atoms with van der Waals surface area (Å²) >= 11 is 1.59. The van der Waals surface area contributed by atoms with E-state index < -0.39 is 0 Å². The number of esters is 1. The first-order chi connectivity index (χ1) is 14.2. The van der Waals surface area contributed by atoms with Gasteiger partial charge in [-0.1, -0.05) is 36.4 Å². The molecule has 0 saturated carbocycles. The quantitative estimate of drug-likeness (QED) is 0.492. The number of Topliss-reactive ketones (excluding diaryl/α,β-unsaturated/α-hetero) is 1. The van der Waals surface area contributed by atoms with Crippen LogP contribution in [-0.4, -0.2) is 28.6 Å². The van der Waals surface area contributed by atoms with E-state index in [1.165, 1.54) is 5.56 Å². The van der Waals surface area contributed by atoms with E-state index in [0.717, 1.165) is 27.7 Å². The van der Waals surface area contributed by atoms with Crippen LogP contribution in [0.2, 0.25) is 0 Å². The highest BCUT2D eigenvalue weighted by Crippen LogP contribution is 2.45. The topological polar surface area (TPSA) is 56.3 Å². The average Bonchev–Trinajstić information content (AvgIpc) is 2.74. The Kier molecular flexibility index (Phi) is 5.95. The van der Waals surface area contributed by atoms with Crippen molar-refractivity contribution in [3.05, 3.63) is 72.1 Å². The maximum atomic E-state index is 13.5. The Hall–Kier alpha value is -2.66. The van der Waals surface area contributed by atoms with Gasteiger partial charge in [-0.25, -0.2) is 0 Å². The third-order valence-corrected chi connectivity index (χ3v) is 6.68. The molecule has 1 aliphatic carbocycles. The van der Waals surface area contributed by atoms with Gasteiger partial charge < -0.3 is 4.74 Å². The number of carbonyl (C=O) groups is 2. The lowest BCUT2D eigenvalue weighted by Crippen LogP contribution is -2.30. The van der Waals surface area contributed by atoms with Crippen molar-refractivity contribution in [3.8, 4) is 0 Å². The molecule has 2 aromatic carbocycles. The van der Waals surface area contributed by atoms with E-state index in [-0.39, 0.29) is 22.9 Å². The standard InChI is InChI=1S/C24H23NO3S/c1-2-28-21(26)11-5-9-19-18-8-3-6-16-7-4-10-20(22(16)18)23(27)24(19)29-17-12-14-25-15-13-17/h3-4,6-8,10,12-15,19,24H,2,5,9,11H2,1H3. The number of aromatic nitrogens is 1. The van der Waals surface area contributed by atoms with Gasteiger partial charge in [0.15, 0.2) is 5.78 Å². The average molecular weight is 406 g/mol. The van der Waals surface area contributed by atoms with Gasteiger partial charge in [0.2, 0.25) is 0 Å². The molecule has 29 heavy (non-hydrogen) atoms. The predicted molar refractivity (Wildman–Crippen MR) is 115 cm³/mol.